The molecule has 0 aromatic heterocycles. The number of Topliss-reactive ketones (excluding diaryl/α,β-unsaturated/α-hetero) is 2. The monoisotopic (exact) mass is 864 g/mol. The molecule has 0 aliphatic carbocycles. The van der Waals surface area contributed by atoms with E-state index in [1.165, 1.54) is 23.3 Å². The van der Waals surface area contributed by atoms with Crippen molar-refractivity contribution in [3.05, 3.63) is 168 Å². The van der Waals surface area contributed by atoms with Crippen molar-refractivity contribution >= 4 is 41.9 Å². The van der Waals surface area contributed by atoms with Gasteiger partial charge in [0.05, 0.1) is 12.1 Å². The van der Waals surface area contributed by atoms with E-state index >= 15 is 0 Å². The lowest BCUT2D eigenvalue weighted by molar-refractivity contribution is -0.121. The van der Waals surface area contributed by atoms with E-state index in [9.17, 15) is 24.0 Å². The summed E-state index contributed by atoms with van der Waals surface area (Å²) >= 11 is 0. The summed E-state index contributed by atoms with van der Waals surface area (Å²) in [6, 6.07) is 38.4. The molecule has 332 valence electrons. The van der Waals surface area contributed by atoms with Crippen LogP contribution in [0, 0.1) is 11.8 Å². The fraction of sp³-hybridized carbons (Fsp3) is 0.353. The fourth-order valence-corrected chi connectivity index (χ4v) is 6.11. The maximum atomic E-state index is 12.8. The molecule has 0 heterocycles. The first kappa shape index (κ1) is 52.3. The number of allylic oxidation sites excluding steroid dienone is 2. The van der Waals surface area contributed by atoms with Gasteiger partial charge in [0, 0.05) is 25.9 Å². The van der Waals surface area contributed by atoms with Crippen molar-refractivity contribution in [2.75, 3.05) is 0 Å². The van der Waals surface area contributed by atoms with E-state index in [0.717, 1.165) is 30.4 Å². The number of aryl methyl sites for hydroxylation is 2. The number of hydrogen-bond acceptors (Lipinski definition) is 7. The second kappa shape index (κ2) is 28.6. The molecular weight excluding hydrogens is 800 g/mol. The molecule has 0 radical (unpaired) electrons. The van der Waals surface area contributed by atoms with Crippen LogP contribution < -0.4 is 21.7 Å². The summed E-state index contributed by atoms with van der Waals surface area (Å²) in [5.41, 5.74) is 9.52. The van der Waals surface area contributed by atoms with Gasteiger partial charge in [-0.25, -0.2) is 4.79 Å². The van der Waals surface area contributed by atoms with Crippen LogP contribution >= 0.6 is 12.4 Å². The second-order valence-electron chi connectivity index (χ2n) is 16.2. The third kappa shape index (κ3) is 23.2. The van der Waals surface area contributed by atoms with Crippen molar-refractivity contribution in [2.24, 2.45) is 17.6 Å². The lowest BCUT2D eigenvalue weighted by Gasteiger charge is -2.22. The molecule has 3 amide bonds. The van der Waals surface area contributed by atoms with Gasteiger partial charge in [-0.2, -0.15) is 0 Å². The summed E-state index contributed by atoms with van der Waals surface area (Å²) in [7, 11) is 0. The quantitative estimate of drug-likeness (QED) is 0.0610. The summed E-state index contributed by atoms with van der Waals surface area (Å²) in [5, 5.41) is 8.34. The van der Waals surface area contributed by atoms with Crippen LogP contribution in [0.15, 0.2) is 146 Å². The predicted molar refractivity (Wildman–Crippen MR) is 250 cm³/mol. The van der Waals surface area contributed by atoms with Gasteiger partial charge in [-0.3, -0.25) is 19.2 Å². The average molecular weight is 866 g/mol. The molecule has 0 aliphatic rings. The van der Waals surface area contributed by atoms with E-state index in [1.807, 2.05) is 115 Å². The van der Waals surface area contributed by atoms with Crippen LogP contribution in [0.25, 0.3) is 0 Å². The number of nitrogens with two attached hydrogens (primary N) is 1. The number of halogens is 1. The predicted octanol–water partition coefficient (Wildman–Crippen LogP) is 8.82. The van der Waals surface area contributed by atoms with Crippen molar-refractivity contribution in [1.29, 1.82) is 0 Å². The molecule has 0 fully saturated rings. The van der Waals surface area contributed by atoms with Gasteiger partial charge < -0.3 is 26.4 Å². The zero-order valence-corrected chi connectivity index (χ0v) is 37.6. The molecule has 4 atom stereocenters. The first-order chi connectivity index (χ1) is 29.2. The molecule has 62 heavy (non-hydrogen) atoms. The number of ketones is 2. The molecule has 4 rings (SSSR count). The standard InChI is InChI=1S/C28H36N2O4.C23H28N2O2.ClH/c1-21(30-27(33)34-28(2,3)4)25(31)19-23(16-15-22-11-7-5-8-12-22)17-18-26(32)29-20-24-13-9-6-10-14-24;1-18(24)22(26)16-20(13-12-19-8-4-2-5-9-19)14-15-23(27)25-17-21-10-6-3-7-11-21;/h5-14,17-18,21,23H,15-16,19-20H2,1-4H3,(H,29,32)(H,30,33);2-11,14-15,18,20H,12-13,16-17,24H2,1H3,(H,25,27);1H/b18-17+;15-14+;/t21-,23-;18-,20-;/m00./s1. The van der Waals surface area contributed by atoms with Gasteiger partial charge in [0.2, 0.25) is 11.8 Å². The van der Waals surface area contributed by atoms with Gasteiger partial charge in [-0.15, -0.1) is 12.4 Å². The minimum atomic E-state index is -0.686. The van der Waals surface area contributed by atoms with Gasteiger partial charge in [-0.1, -0.05) is 133 Å². The zero-order chi connectivity index (χ0) is 44.5. The smallest absolute Gasteiger partial charge is 0.408 e. The van der Waals surface area contributed by atoms with Crippen molar-refractivity contribution < 1.29 is 28.7 Å². The Kier molecular flexibility index (Phi) is 24.2. The molecule has 0 spiro atoms. The number of carbonyl (C=O) groups excluding carboxylic acids is 5. The first-order valence-electron chi connectivity index (χ1n) is 21.0. The highest BCUT2D eigenvalue weighted by molar-refractivity contribution is 5.89. The molecule has 5 N–H and O–H groups in total. The summed E-state index contributed by atoms with van der Waals surface area (Å²) < 4.78 is 5.24. The topological polar surface area (TPSA) is 157 Å². The molecule has 0 aliphatic heterocycles. The SMILES string of the molecule is C[C@H](N)C(=O)C[C@H](/C=C/C(=O)NCc1ccccc1)CCc1ccccc1.C[C@H](NC(=O)OC(C)(C)C)C(=O)C[C@H](/C=C/C(=O)NCc1ccccc1)CCc1ccccc1.Cl. The lowest BCUT2D eigenvalue weighted by Crippen LogP contribution is -2.42. The number of ether oxygens (including phenoxy) is 1. The lowest BCUT2D eigenvalue weighted by atomic mass is 9.92. The maximum Gasteiger partial charge on any atom is 0.408 e. The molecule has 0 bridgehead atoms. The molecule has 4 aromatic rings. The Labute approximate surface area is 374 Å². The highest BCUT2D eigenvalue weighted by Gasteiger charge is 2.23. The van der Waals surface area contributed by atoms with Crippen LogP contribution in [-0.2, 0) is 49.8 Å². The molecule has 0 saturated heterocycles. The van der Waals surface area contributed by atoms with Crippen LogP contribution in [0.4, 0.5) is 4.79 Å². The minimum Gasteiger partial charge on any atom is -0.444 e. The average Bonchev–Trinajstić information content (AvgIpc) is 3.24. The Bertz CT molecular complexity index is 1980. The van der Waals surface area contributed by atoms with E-state index in [4.69, 9.17) is 10.5 Å². The summed E-state index contributed by atoms with van der Waals surface area (Å²) in [6.45, 7) is 9.58. The highest BCUT2D eigenvalue weighted by Crippen LogP contribution is 2.18. The Balaban J connectivity index is 0.000000430. The first-order valence-corrected chi connectivity index (χ1v) is 21.0. The third-order valence-electron chi connectivity index (χ3n) is 9.60. The van der Waals surface area contributed by atoms with Gasteiger partial charge in [-0.05, 0) is 107 Å². The van der Waals surface area contributed by atoms with E-state index in [1.54, 1.807) is 40.7 Å². The molecule has 11 heteroatoms. The Morgan fingerprint density at radius 2 is 0.935 bits per heavy atom. The van der Waals surface area contributed by atoms with Crippen molar-refractivity contribution in [3.8, 4) is 0 Å². The van der Waals surface area contributed by atoms with Crippen molar-refractivity contribution in [1.82, 2.24) is 16.0 Å². The number of benzene rings is 4. The normalized spacial score (nSPS) is 13.0. The summed E-state index contributed by atoms with van der Waals surface area (Å²) in [6.07, 6.45) is 9.75. The Hall–Kier alpha value is -5.84. The van der Waals surface area contributed by atoms with E-state index in [-0.39, 0.29) is 54.0 Å². The largest absolute Gasteiger partial charge is 0.444 e. The van der Waals surface area contributed by atoms with Gasteiger partial charge in [0.15, 0.2) is 5.78 Å². The van der Waals surface area contributed by atoms with Crippen LogP contribution in [0.1, 0.15) is 82.6 Å². The maximum absolute atomic E-state index is 12.8. The van der Waals surface area contributed by atoms with Gasteiger partial charge in [0.1, 0.15) is 11.4 Å². The fourth-order valence-electron chi connectivity index (χ4n) is 6.11. The van der Waals surface area contributed by atoms with E-state index in [2.05, 4.69) is 28.1 Å². The molecule has 4 aromatic carbocycles. The third-order valence-corrected chi connectivity index (χ3v) is 9.60. The Morgan fingerprint density at radius 3 is 1.29 bits per heavy atom. The Morgan fingerprint density at radius 1 is 0.581 bits per heavy atom. The number of nitrogens with one attached hydrogen (secondary N) is 3. The van der Waals surface area contributed by atoms with Crippen LogP contribution in [0.2, 0.25) is 0 Å². The summed E-state index contributed by atoms with van der Waals surface area (Å²) in [4.78, 5) is 61.3. The van der Waals surface area contributed by atoms with Crippen LogP contribution in [0.5, 0.6) is 0 Å². The van der Waals surface area contributed by atoms with E-state index < -0.39 is 23.8 Å². The number of carbonyl (C=O) groups is 5. The summed E-state index contributed by atoms with van der Waals surface area (Å²) in [5.74, 6) is -0.609. The van der Waals surface area contributed by atoms with Crippen molar-refractivity contribution in [3.63, 3.8) is 0 Å². The van der Waals surface area contributed by atoms with Gasteiger partial charge in [0.25, 0.3) is 0 Å². The molecular formula is C51H65ClN4O6. The van der Waals surface area contributed by atoms with Gasteiger partial charge >= 0.3 is 6.09 Å². The minimum absolute atomic E-state index is 0. The number of amides is 3. The highest BCUT2D eigenvalue weighted by atomic mass is 35.5. The van der Waals surface area contributed by atoms with Crippen LogP contribution in [-0.4, -0.2) is 47.2 Å². The van der Waals surface area contributed by atoms with Crippen LogP contribution in [0.3, 0.4) is 0 Å². The molecule has 0 saturated carbocycles. The zero-order valence-electron chi connectivity index (χ0n) is 36.8. The second-order valence-corrected chi connectivity index (χ2v) is 16.2. The molecule has 0 unspecified atom stereocenters. The molecule has 10 nitrogen and oxygen atoms in total. The number of alkyl carbamates (subject to hydrolysis) is 1. The van der Waals surface area contributed by atoms with Crippen molar-refractivity contribution in [2.45, 2.75) is 104 Å². The number of hydrogen-bond donors (Lipinski definition) is 4. The van der Waals surface area contributed by atoms with E-state index in [0.29, 0.717) is 25.9 Å². The number of rotatable bonds is 21.